The van der Waals surface area contributed by atoms with Gasteiger partial charge in [-0.2, -0.15) is 0 Å². The van der Waals surface area contributed by atoms with Crippen molar-refractivity contribution in [3.05, 3.63) is 18.2 Å². The minimum atomic E-state index is 1.06. The lowest BCUT2D eigenvalue weighted by Crippen LogP contribution is -1.79. The van der Waals surface area contributed by atoms with E-state index in [0.717, 1.165) is 18.5 Å². The topological polar surface area (TPSA) is 28.7 Å². The fourth-order valence-electron chi connectivity index (χ4n) is 0.636. The first-order chi connectivity index (χ1) is 3.93. The molecule has 1 heterocycles. The van der Waals surface area contributed by atoms with Crippen molar-refractivity contribution in [3.8, 4) is 0 Å². The molecule has 1 aromatic rings. The minimum absolute atomic E-state index is 1.06. The molecule has 0 aliphatic carbocycles. The number of imidazole rings is 1. The summed E-state index contributed by atoms with van der Waals surface area (Å²) in [5.41, 5.74) is 1.10. The maximum Gasteiger partial charge on any atom is 0.173 e. The summed E-state index contributed by atoms with van der Waals surface area (Å²) in [6.07, 6.45) is 6.73. The van der Waals surface area contributed by atoms with Crippen LogP contribution < -0.4 is 0 Å². The van der Waals surface area contributed by atoms with Gasteiger partial charge in [0.05, 0.1) is 5.69 Å². The van der Waals surface area contributed by atoms with E-state index < -0.39 is 0 Å². The van der Waals surface area contributed by atoms with Crippen LogP contribution in [0.15, 0.2) is 6.20 Å². The molecule has 1 aromatic heterocycles. The summed E-state index contributed by atoms with van der Waals surface area (Å²) < 4.78 is 0. The lowest BCUT2D eigenvalue weighted by molar-refractivity contribution is 0.891. The Balaban J connectivity index is 2.50. The first-order valence-electron chi connectivity index (χ1n) is 2.84. The van der Waals surface area contributed by atoms with E-state index in [4.69, 9.17) is 0 Å². The Kier molecular flexibility index (Phi) is 1.67. The van der Waals surface area contributed by atoms with E-state index in [1.165, 1.54) is 0 Å². The largest absolute Gasteiger partial charge is 0.342 e. The van der Waals surface area contributed by atoms with Crippen LogP contribution in [0.3, 0.4) is 0 Å². The van der Waals surface area contributed by atoms with Gasteiger partial charge in [-0.05, 0) is 6.42 Å². The predicted octanol–water partition coefficient (Wildman–Crippen LogP) is 1.16. The molecule has 0 bridgehead atoms. The van der Waals surface area contributed by atoms with Crippen molar-refractivity contribution in [1.82, 2.24) is 9.97 Å². The second-order valence-corrected chi connectivity index (χ2v) is 1.75. The van der Waals surface area contributed by atoms with E-state index in [1.54, 1.807) is 0 Å². The maximum atomic E-state index is 3.93. The fraction of sp³-hybridized carbons (Fsp3) is 0.500. The second kappa shape index (κ2) is 2.50. The van der Waals surface area contributed by atoms with E-state index in [2.05, 4.69) is 23.2 Å². The van der Waals surface area contributed by atoms with Crippen molar-refractivity contribution < 1.29 is 0 Å². The van der Waals surface area contributed by atoms with Gasteiger partial charge in [0.15, 0.2) is 6.33 Å². The number of hydrogen-bond acceptors (Lipinski definition) is 1. The molecule has 8 heavy (non-hydrogen) atoms. The molecule has 2 nitrogen and oxygen atoms in total. The van der Waals surface area contributed by atoms with Crippen LogP contribution in [0.5, 0.6) is 0 Å². The Morgan fingerprint density at radius 1 is 1.88 bits per heavy atom. The summed E-state index contributed by atoms with van der Waals surface area (Å²) in [5.74, 6) is 0. The monoisotopic (exact) mass is 109 g/mol. The molecule has 0 aromatic carbocycles. The number of hydrogen-bond donors (Lipinski definition) is 1. The molecule has 1 rings (SSSR count). The van der Waals surface area contributed by atoms with Crippen molar-refractivity contribution in [2.75, 3.05) is 0 Å². The number of aromatic amines is 1. The standard InChI is InChI=1S/C6H9N2/c1-2-3-6-4-7-5-8-6/h4H,2-3H2,1H3,(H,7,8). The Labute approximate surface area is 49.0 Å². The Morgan fingerprint density at radius 3 is 3.25 bits per heavy atom. The van der Waals surface area contributed by atoms with Crippen molar-refractivity contribution in [1.29, 1.82) is 0 Å². The molecule has 0 saturated carbocycles. The van der Waals surface area contributed by atoms with Crippen molar-refractivity contribution >= 4 is 0 Å². The molecule has 43 valence electrons. The molecule has 0 aliphatic heterocycles. The quantitative estimate of drug-likeness (QED) is 0.606. The molecule has 2 heteroatoms. The summed E-state index contributed by atoms with van der Waals surface area (Å²) >= 11 is 0. The van der Waals surface area contributed by atoms with E-state index in [-0.39, 0.29) is 0 Å². The summed E-state index contributed by atoms with van der Waals surface area (Å²) in [5, 5.41) is 0. The van der Waals surface area contributed by atoms with Gasteiger partial charge in [-0.25, -0.2) is 4.98 Å². The van der Waals surface area contributed by atoms with Gasteiger partial charge in [-0.3, -0.25) is 0 Å². The normalized spacial score (nSPS) is 9.62. The van der Waals surface area contributed by atoms with Gasteiger partial charge in [0.1, 0.15) is 0 Å². The zero-order chi connectivity index (χ0) is 5.82. The Hall–Kier alpha value is -0.790. The number of rotatable bonds is 2. The first-order valence-corrected chi connectivity index (χ1v) is 2.84. The zero-order valence-corrected chi connectivity index (χ0v) is 4.94. The number of nitrogens with one attached hydrogen (secondary N) is 1. The highest BCUT2D eigenvalue weighted by Crippen LogP contribution is 1.93. The molecular weight excluding hydrogens is 100 g/mol. The van der Waals surface area contributed by atoms with Crippen LogP contribution in [0.4, 0.5) is 0 Å². The van der Waals surface area contributed by atoms with E-state index in [9.17, 15) is 0 Å². The average Bonchev–Trinajstić information content (AvgIpc) is 2.19. The molecule has 0 atom stereocenters. The zero-order valence-electron chi connectivity index (χ0n) is 4.94. The van der Waals surface area contributed by atoms with Gasteiger partial charge in [0, 0.05) is 6.20 Å². The van der Waals surface area contributed by atoms with Gasteiger partial charge in [0.25, 0.3) is 0 Å². The van der Waals surface area contributed by atoms with Gasteiger partial charge in [-0.15, -0.1) is 0 Å². The second-order valence-electron chi connectivity index (χ2n) is 1.75. The third kappa shape index (κ3) is 1.09. The number of nitrogens with zero attached hydrogens (tertiary/aromatic N) is 1. The van der Waals surface area contributed by atoms with E-state index >= 15 is 0 Å². The molecule has 0 amide bonds. The van der Waals surface area contributed by atoms with Gasteiger partial charge in [0.2, 0.25) is 0 Å². The lowest BCUT2D eigenvalue weighted by atomic mass is 10.3. The Morgan fingerprint density at radius 2 is 2.75 bits per heavy atom. The summed E-state index contributed by atoms with van der Waals surface area (Å²) in [4.78, 5) is 6.70. The van der Waals surface area contributed by atoms with Crippen LogP contribution in [0.2, 0.25) is 0 Å². The third-order valence-corrected chi connectivity index (χ3v) is 1.01. The van der Waals surface area contributed by atoms with Crippen LogP contribution in [0.1, 0.15) is 19.0 Å². The molecule has 0 unspecified atom stereocenters. The summed E-state index contributed by atoms with van der Waals surface area (Å²) in [7, 11) is 0. The SMILES string of the molecule is CCCc1c[nH][c]n1. The maximum absolute atomic E-state index is 3.93. The van der Waals surface area contributed by atoms with Crippen molar-refractivity contribution in [2.24, 2.45) is 0 Å². The van der Waals surface area contributed by atoms with Crippen LogP contribution >= 0.6 is 0 Å². The molecule has 1 N–H and O–H groups in total. The average molecular weight is 109 g/mol. The molecule has 0 aliphatic rings. The molecular formula is C6H9N2. The predicted molar refractivity (Wildman–Crippen MR) is 31.4 cm³/mol. The van der Waals surface area contributed by atoms with Gasteiger partial charge in [-0.1, -0.05) is 13.3 Å². The fourth-order valence-corrected chi connectivity index (χ4v) is 0.636. The highest BCUT2D eigenvalue weighted by molar-refractivity contribution is 4.92. The van der Waals surface area contributed by atoms with Crippen molar-refractivity contribution in [3.63, 3.8) is 0 Å². The third-order valence-electron chi connectivity index (χ3n) is 1.01. The molecule has 0 saturated heterocycles. The Bertz CT molecular complexity index is 132. The molecule has 1 radical (unpaired) electrons. The van der Waals surface area contributed by atoms with Gasteiger partial charge < -0.3 is 4.98 Å². The van der Waals surface area contributed by atoms with Crippen LogP contribution in [-0.4, -0.2) is 9.97 Å². The van der Waals surface area contributed by atoms with E-state index in [0.29, 0.717) is 0 Å². The molecule has 0 fully saturated rings. The van der Waals surface area contributed by atoms with Crippen LogP contribution in [-0.2, 0) is 6.42 Å². The number of aryl methyl sites for hydroxylation is 1. The summed E-state index contributed by atoms with van der Waals surface area (Å²) in [6, 6.07) is 0. The number of H-pyrrole nitrogens is 1. The number of aromatic nitrogens is 2. The minimum Gasteiger partial charge on any atom is -0.342 e. The van der Waals surface area contributed by atoms with Crippen LogP contribution in [0.25, 0.3) is 0 Å². The van der Waals surface area contributed by atoms with Crippen LogP contribution in [0, 0.1) is 6.33 Å². The highest BCUT2D eigenvalue weighted by atomic mass is 14.9. The lowest BCUT2D eigenvalue weighted by Gasteiger charge is -1.84. The van der Waals surface area contributed by atoms with Gasteiger partial charge >= 0.3 is 0 Å². The summed E-state index contributed by atoms with van der Waals surface area (Å²) in [6.45, 7) is 2.13. The van der Waals surface area contributed by atoms with E-state index in [1.807, 2.05) is 6.20 Å². The smallest absolute Gasteiger partial charge is 0.173 e. The highest BCUT2D eigenvalue weighted by Gasteiger charge is 1.88. The van der Waals surface area contributed by atoms with Crippen molar-refractivity contribution in [2.45, 2.75) is 19.8 Å². The first kappa shape index (κ1) is 5.35. The molecule has 0 spiro atoms.